The molecule has 1 rings (SSSR count). The van der Waals surface area contributed by atoms with Crippen LogP contribution in [0, 0.1) is 13.8 Å². The third kappa shape index (κ3) is 1.35. The summed E-state index contributed by atoms with van der Waals surface area (Å²) in [6, 6.07) is 5.83. The molecule has 0 radical (unpaired) electrons. The molecule has 54 valence electrons. The molecule has 1 heteroatoms. The van der Waals surface area contributed by atoms with Crippen LogP contribution in [0.15, 0.2) is 18.2 Å². The lowest BCUT2D eigenvalue weighted by atomic mass is 10.1. The summed E-state index contributed by atoms with van der Waals surface area (Å²) in [5.74, 6) is 0. The van der Waals surface area contributed by atoms with Gasteiger partial charge >= 0.3 is 0 Å². The van der Waals surface area contributed by atoms with E-state index in [1.165, 1.54) is 0 Å². The predicted molar refractivity (Wildman–Crippen MR) is 40.7 cm³/mol. The second-order valence-electron chi connectivity index (χ2n) is 2.56. The van der Waals surface area contributed by atoms with Crippen molar-refractivity contribution in [1.82, 2.24) is 0 Å². The summed E-state index contributed by atoms with van der Waals surface area (Å²) >= 11 is 0. The number of alkyl halides is 1. The van der Waals surface area contributed by atoms with Crippen LogP contribution in [0.25, 0.3) is 0 Å². The van der Waals surface area contributed by atoms with E-state index in [0.717, 1.165) is 16.7 Å². The van der Waals surface area contributed by atoms with Crippen LogP contribution in [-0.2, 0) is 6.67 Å². The van der Waals surface area contributed by atoms with Gasteiger partial charge in [-0.3, -0.25) is 0 Å². The van der Waals surface area contributed by atoms with Crippen LogP contribution in [0.5, 0.6) is 0 Å². The minimum atomic E-state index is -0.354. The maximum absolute atomic E-state index is 12.2. The van der Waals surface area contributed by atoms with E-state index in [1.807, 2.05) is 32.0 Å². The van der Waals surface area contributed by atoms with Crippen LogP contribution >= 0.6 is 0 Å². The summed E-state index contributed by atoms with van der Waals surface area (Å²) in [5.41, 5.74) is 2.96. The van der Waals surface area contributed by atoms with Crippen molar-refractivity contribution in [1.29, 1.82) is 0 Å². The lowest BCUT2D eigenvalue weighted by molar-refractivity contribution is 0.483. The van der Waals surface area contributed by atoms with Gasteiger partial charge in [-0.05, 0) is 25.0 Å². The first-order valence-corrected chi connectivity index (χ1v) is 3.36. The zero-order valence-electron chi connectivity index (χ0n) is 6.32. The van der Waals surface area contributed by atoms with Crippen molar-refractivity contribution in [3.63, 3.8) is 0 Å². The lowest BCUT2D eigenvalue weighted by Crippen LogP contribution is -1.85. The molecule has 0 saturated heterocycles. The number of halogens is 1. The topological polar surface area (TPSA) is 0 Å². The monoisotopic (exact) mass is 138 g/mol. The Morgan fingerprint density at radius 3 is 2.50 bits per heavy atom. The van der Waals surface area contributed by atoms with Gasteiger partial charge in [0.15, 0.2) is 0 Å². The van der Waals surface area contributed by atoms with E-state index >= 15 is 0 Å². The third-order valence-electron chi connectivity index (χ3n) is 1.65. The van der Waals surface area contributed by atoms with E-state index < -0.39 is 0 Å². The van der Waals surface area contributed by atoms with E-state index in [4.69, 9.17) is 0 Å². The highest BCUT2D eigenvalue weighted by Crippen LogP contribution is 2.10. The van der Waals surface area contributed by atoms with Gasteiger partial charge in [0, 0.05) is 0 Å². The van der Waals surface area contributed by atoms with Gasteiger partial charge in [0.1, 0.15) is 6.67 Å². The standard InChI is InChI=1S/C9H11F/c1-7-3-4-8(2)9(5-7)6-10/h3-5H,6H2,1-2H3. The first-order valence-electron chi connectivity index (χ1n) is 3.36. The summed E-state index contributed by atoms with van der Waals surface area (Å²) < 4.78 is 12.2. The highest BCUT2D eigenvalue weighted by atomic mass is 19.1. The first-order chi connectivity index (χ1) is 4.74. The van der Waals surface area contributed by atoms with Crippen molar-refractivity contribution in [2.24, 2.45) is 0 Å². The van der Waals surface area contributed by atoms with Gasteiger partial charge in [0.25, 0.3) is 0 Å². The summed E-state index contributed by atoms with van der Waals surface area (Å²) in [4.78, 5) is 0. The molecule has 0 fully saturated rings. The lowest BCUT2D eigenvalue weighted by Gasteiger charge is -2.00. The summed E-state index contributed by atoms with van der Waals surface area (Å²) in [5, 5.41) is 0. The zero-order valence-corrected chi connectivity index (χ0v) is 6.32. The highest BCUT2D eigenvalue weighted by Gasteiger charge is 1.95. The number of hydrogen-bond donors (Lipinski definition) is 0. The smallest absolute Gasteiger partial charge is 0.115 e. The van der Waals surface area contributed by atoms with E-state index in [1.54, 1.807) is 0 Å². The number of hydrogen-bond acceptors (Lipinski definition) is 0. The Labute approximate surface area is 60.7 Å². The summed E-state index contributed by atoms with van der Waals surface area (Å²) in [6.45, 7) is 3.54. The second kappa shape index (κ2) is 2.82. The Hall–Kier alpha value is -0.850. The Bertz CT molecular complexity index is 228. The fraction of sp³-hybridized carbons (Fsp3) is 0.333. The van der Waals surface area contributed by atoms with Gasteiger partial charge in [-0.25, -0.2) is 4.39 Å². The van der Waals surface area contributed by atoms with E-state index in [0.29, 0.717) is 0 Å². The summed E-state index contributed by atoms with van der Waals surface area (Å²) in [7, 11) is 0. The molecule has 0 aliphatic carbocycles. The van der Waals surface area contributed by atoms with Crippen molar-refractivity contribution in [3.8, 4) is 0 Å². The van der Waals surface area contributed by atoms with Crippen molar-refractivity contribution in [2.45, 2.75) is 20.5 Å². The molecule has 0 bridgehead atoms. The van der Waals surface area contributed by atoms with Crippen LogP contribution in [0.1, 0.15) is 16.7 Å². The largest absolute Gasteiger partial charge is 0.246 e. The van der Waals surface area contributed by atoms with Crippen molar-refractivity contribution >= 4 is 0 Å². The fourth-order valence-electron chi connectivity index (χ4n) is 0.944. The molecule has 1 aromatic rings. The molecule has 0 amide bonds. The predicted octanol–water partition coefficient (Wildman–Crippen LogP) is 2.77. The molecule has 0 unspecified atom stereocenters. The quantitative estimate of drug-likeness (QED) is 0.559. The van der Waals surface area contributed by atoms with Gasteiger partial charge < -0.3 is 0 Å². The van der Waals surface area contributed by atoms with Crippen LogP contribution in [-0.4, -0.2) is 0 Å². The minimum absolute atomic E-state index is 0.354. The molecule has 0 aromatic heterocycles. The molecular formula is C9H11F. The van der Waals surface area contributed by atoms with E-state index in [2.05, 4.69) is 0 Å². The molecule has 0 heterocycles. The molecule has 0 spiro atoms. The molecule has 0 N–H and O–H groups in total. The molecule has 10 heavy (non-hydrogen) atoms. The minimum Gasteiger partial charge on any atom is -0.246 e. The zero-order chi connectivity index (χ0) is 7.56. The average Bonchev–Trinajstić information content (AvgIpc) is 1.94. The van der Waals surface area contributed by atoms with Gasteiger partial charge in [0.2, 0.25) is 0 Å². The number of rotatable bonds is 1. The molecular weight excluding hydrogens is 127 g/mol. The second-order valence-corrected chi connectivity index (χ2v) is 2.56. The highest BCUT2D eigenvalue weighted by molar-refractivity contribution is 5.29. The Morgan fingerprint density at radius 2 is 2.00 bits per heavy atom. The number of aryl methyl sites for hydroxylation is 2. The molecule has 0 aliphatic rings. The Morgan fingerprint density at radius 1 is 1.30 bits per heavy atom. The van der Waals surface area contributed by atoms with Crippen LogP contribution in [0.3, 0.4) is 0 Å². The molecule has 0 saturated carbocycles. The van der Waals surface area contributed by atoms with Crippen LogP contribution in [0.4, 0.5) is 4.39 Å². The number of benzene rings is 1. The molecule has 0 atom stereocenters. The maximum Gasteiger partial charge on any atom is 0.115 e. The molecule has 1 aromatic carbocycles. The molecule has 0 nitrogen and oxygen atoms in total. The van der Waals surface area contributed by atoms with Crippen molar-refractivity contribution in [3.05, 3.63) is 34.9 Å². The maximum atomic E-state index is 12.2. The fourth-order valence-corrected chi connectivity index (χ4v) is 0.944. The van der Waals surface area contributed by atoms with Gasteiger partial charge in [-0.15, -0.1) is 0 Å². The average molecular weight is 138 g/mol. The van der Waals surface area contributed by atoms with Gasteiger partial charge in [-0.1, -0.05) is 23.8 Å². The Kier molecular flexibility index (Phi) is 2.05. The van der Waals surface area contributed by atoms with E-state index in [-0.39, 0.29) is 6.67 Å². The van der Waals surface area contributed by atoms with Crippen molar-refractivity contribution < 1.29 is 4.39 Å². The Balaban J connectivity index is 3.09. The van der Waals surface area contributed by atoms with Gasteiger partial charge in [-0.2, -0.15) is 0 Å². The molecule has 0 aliphatic heterocycles. The van der Waals surface area contributed by atoms with Crippen LogP contribution in [0.2, 0.25) is 0 Å². The van der Waals surface area contributed by atoms with Crippen LogP contribution < -0.4 is 0 Å². The normalized spacial score (nSPS) is 9.90. The third-order valence-corrected chi connectivity index (χ3v) is 1.65. The SMILES string of the molecule is Cc1ccc(C)c(CF)c1. The van der Waals surface area contributed by atoms with E-state index in [9.17, 15) is 4.39 Å². The summed E-state index contributed by atoms with van der Waals surface area (Å²) in [6.07, 6.45) is 0. The van der Waals surface area contributed by atoms with Gasteiger partial charge in [0.05, 0.1) is 0 Å². The first kappa shape index (κ1) is 7.26. The van der Waals surface area contributed by atoms with Crippen molar-refractivity contribution in [2.75, 3.05) is 0 Å².